The largest absolute Gasteiger partial charge is 0.476 e. The van der Waals surface area contributed by atoms with E-state index in [1.54, 1.807) is 0 Å². The first-order valence-electron chi connectivity index (χ1n) is 5.32. The van der Waals surface area contributed by atoms with Gasteiger partial charge >= 0.3 is 5.97 Å². The van der Waals surface area contributed by atoms with Gasteiger partial charge in [-0.15, -0.1) is 5.10 Å². The molecule has 0 spiro atoms. The van der Waals surface area contributed by atoms with Gasteiger partial charge in [0.2, 0.25) is 5.89 Å². The Morgan fingerprint density at radius 3 is 2.89 bits per heavy atom. The van der Waals surface area contributed by atoms with Crippen LogP contribution in [-0.2, 0) is 19.5 Å². The average molecular weight is 252 g/mol. The van der Waals surface area contributed by atoms with Gasteiger partial charge in [-0.1, -0.05) is 17.3 Å². The molecule has 0 aliphatic carbocycles. The SMILES string of the molecule is CCc1noc(Cn2nnc(C(=O)O)c2CN)n1. The normalized spacial score (nSPS) is 10.8. The van der Waals surface area contributed by atoms with Gasteiger partial charge in [0.1, 0.15) is 6.54 Å². The van der Waals surface area contributed by atoms with E-state index in [1.807, 2.05) is 6.92 Å². The maximum absolute atomic E-state index is 10.9. The van der Waals surface area contributed by atoms with Crippen LogP contribution in [0.4, 0.5) is 0 Å². The molecule has 3 N–H and O–H groups in total. The standard InChI is InChI=1S/C9H12N6O3/c1-2-6-11-7(18-13-6)4-15-5(3-10)8(9(16)17)12-14-15/h2-4,10H2,1H3,(H,16,17). The predicted octanol–water partition coefficient (Wildman–Crippen LogP) is -0.571. The van der Waals surface area contributed by atoms with Crippen LogP contribution in [0.5, 0.6) is 0 Å². The molecule has 0 unspecified atom stereocenters. The molecule has 0 saturated heterocycles. The Bertz CT molecular complexity index is 560. The number of aromatic nitrogens is 5. The van der Waals surface area contributed by atoms with Gasteiger partial charge in [0.05, 0.1) is 5.69 Å². The fraction of sp³-hybridized carbons (Fsp3) is 0.444. The second kappa shape index (κ2) is 4.92. The molecule has 0 fully saturated rings. The third kappa shape index (κ3) is 2.20. The van der Waals surface area contributed by atoms with Gasteiger partial charge in [-0.2, -0.15) is 4.98 Å². The van der Waals surface area contributed by atoms with Gasteiger partial charge in [-0.25, -0.2) is 9.48 Å². The Balaban J connectivity index is 2.26. The Hall–Kier alpha value is -2.29. The van der Waals surface area contributed by atoms with Crippen molar-refractivity contribution < 1.29 is 14.4 Å². The molecule has 0 bridgehead atoms. The molecular weight excluding hydrogens is 240 g/mol. The predicted molar refractivity (Wildman–Crippen MR) is 57.7 cm³/mol. The lowest BCUT2D eigenvalue weighted by Crippen LogP contribution is -2.13. The summed E-state index contributed by atoms with van der Waals surface area (Å²) in [5.41, 5.74) is 5.65. The van der Waals surface area contributed by atoms with Crippen LogP contribution in [0.25, 0.3) is 0 Å². The number of carboxylic acid groups (broad SMARTS) is 1. The lowest BCUT2D eigenvalue weighted by atomic mass is 10.3. The maximum atomic E-state index is 10.9. The van der Waals surface area contributed by atoms with E-state index in [1.165, 1.54) is 4.68 Å². The van der Waals surface area contributed by atoms with Crippen molar-refractivity contribution in [2.75, 3.05) is 0 Å². The van der Waals surface area contributed by atoms with E-state index in [2.05, 4.69) is 20.5 Å². The average Bonchev–Trinajstić information content (AvgIpc) is 2.95. The molecule has 0 saturated carbocycles. The maximum Gasteiger partial charge on any atom is 0.358 e. The van der Waals surface area contributed by atoms with Crippen LogP contribution in [0.2, 0.25) is 0 Å². The minimum Gasteiger partial charge on any atom is -0.476 e. The van der Waals surface area contributed by atoms with Crippen molar-refractivity contribution in [1.29, 1.82) is 0 Å². The number of carbonyl (C=O) groups is 1. The van der Waals surface area contributed by atoms with Gasteiger partial charge in [0.15, 0.2) is 11.5 Å². The van der Waals surface area contributed by atoms with Crippen LogP contribution in [0, 0.1) is 0 Å². The highest BCUT2D eigenvalue weighted by molar-refractivity contribution is 5.86. The third-order valence-electron chi connectivity index (χ3n) is 2.34. The first-order chi connectivity index (χ1) is 8.65. The molecule has 2 rings (SSSR count). The fourth-order valence-electron chi connectivity index (χ4n) is 1.45. The lowest BCUT2D eigenvalue weighted by molar-refractivity contribution is 0.0689. The summed E-state index contributed by atoms with van der Waals surface area (Å²) in [5, 5.41) is 19.9. The molecule has 0 atom stereocenters. The van der Waals surface area contributed by atoms with Crippen molar-refractivity contribution in [1.82, 2.24) is 25.1 Å². The molecule has 0 amide bonds. The van der Waals surface area contributed by atoms with Crippen LogP contribution in [0.3, 0.4) is 0 Å². The summed E-state index contributed by atoms with van der Waals surface area (Å²) in [4.78, 5) is 15.0. The number of aromatic carboxylic acids is 1. The first-order valence-corrected chi connectivity index (χ1v) is 5.32. The molecule has 2 aromatic heterocycles. The minimum atomic E-state index is -1.17. The van der Waals surface area contributed by atoms with Gasteiger partial charge < -0.3 is 15.4 Å². The zero-order chi connectivity index (χ0) is 13.1. The Kier molecular flexibility index (Phi) is 3.33. The molecule has 96 valence electrons. The highest BCUT2D eigenvalue weighted by atomic mass is 16.5. The van der Waals surface area contributed by atoms with E-state index >= 15 is 0 Å². The number of carboxylic acids is 1. The van der Waals surface area contributed by atoms with E-state index in [0.29, 0.717) is 23.8 Å². The highest BCUT2D eigenvalue weighted by Crippen LogP contribution is 2.07. The van der Waals surface area contributed by atoms with E-state index in [9.17, 15) is 4.79 Å². The summed E-state index contributed by atoms with van der Waals surface area (Å²) >= 11 is 0. The Labute approximate surface area is 102 Å². The summed E-state index contributed by atoms with van der Waals surface area (Å²) in [6, 6.07) is 0. The van der Waals surface area contributed by atoms with Gasteiger partial charge in [0, 0.05) is 13.0 Å². The van der Waals surface area contributed by atoms with E-state index < -0.39 is 5.97 Å². The van der Waals surface area contributed by atoms with Crippen LogP contribution in [-0.4, -0.2) is 36.2 Å². The summed E-state index contributed by atoms with van der Waals surface area (Å²) < 4.78 is 6.33. The second-order valence-corrected chi connectivity index (χ2v) is 3.51. The van der Waals surface area contributed by atoms with Crippen molar-refractivity contribution in [3.05, 3.63) is 23.1 Å². The molecule has 9 heteroatoms. The molecular formula is C9H12N6O3. The van der Waals surface area contributed by atoms with Crippen molar-refractivity contribution in [2.24, 2.45) is 5.73 Å². The van der Waals surface area contributed by atoms with E-state index in [0.717, 1.165) is 0 Å². The molecule has 2 aromatic rings. The zero-order valence-electron chi connectivity index (χ0n) is 9.70. The zero-order valence-corrected chi connectivity index (χ0v) is 9.70. The number of nitrogens with two attached hydrogens (primary N) is 1. The molecule has 0 aliphatic rings. The number of hydrogen-bond donors (Lipinski definition) is 2. The summed E-state index contributed by atoms with van der Waals surface area (Å²) in [5.74, 6) is -0.247. The van der Waals surface area contributed by atoms with Crippen LogP contribution in [0.1, 0.15) is 34.8 Å². The van der Waals surface area contributed by atoms with Gasteiger partial charge in [0.25, 0.3) is 0 Å². The second-order valence-electron chi connectivity index (χ2n) is 3.51. The molecule has 0 aromatic carbocycles. The summed E-state index contributed by atoms with van der Waals surface area (Å²) in [6.45, 7) is 2.07. The molecule has 0 radical (unpaired) electrons. The topological polar surface area (TPSA) is 133 Å². The first kappa shape index (κ1) is 12.2. The molecule has 18 heavy (non-hydrogen) atoms. The lowest BCUT2D eigenvalue weighted by Gasteiger charge is -2.00. The molecule has 2 heterocycles. The van der Waals surface area contributed by atoms with Crippen molar-refractivity contribution in [2.45, 2.75) is 26.4 Å². The fourth-order valence-corrected chi connectivity index (χ4v) is 1.45. The summed E-state index contributed by atoms with van der Waals surface area (Å²) in [7, 11) is 0. The number of rotatable bonds is 5. The molecule has 9 nitrogen and oxygen atoms in total. The third-order valence-corrected chi connectivity index (χ3v) is 2.34. The van der Waals surface area contributed by atoms with Crippen molar-refractivity contribution in [3.8, 4) is 0 Å². The number of aryl methyl sites for hydroxylation is 1. The molecule has 0 aliphatic heterocycles. The van der Waals surface area contributed by atoms with Crippen molar-refractivity contribution in [3.63, 3.8) is 0 Å². The minimum absolute atomic E-state index is 0.0173. The Morgan fingerprint density at radius 2 is 2.33 bits per heavy atom. The van der Waals surface area contributed by atoms with E-state index in [4.69, 9.17) is 15.4 Å². The number of hydrogen-bond acceptors (Lipinski definition) is 7. The smallest absolute Gasteiger partial charge is 0.358 e. The van der Waals surface area contributed by atoms with Crippen LogP contribution < -0.4 is 5.73 Å². The van der Waals surface area contributed by atoms with E-state index in [-0.39, 0.29) is 18.8 Å². The van der Waals surface area contributed by atoms with Gasteiger partial charge in [-0.3, -0.25) is 0 Å². The van der Waals surface area contributed by atoms with Crippen molar-refractivity contribution >= 4 is 5.97 Å². The van der Waals surface area contributed by atoms with Gasteiger partial charge in [-0.05, 0) is 0 Å². The number of nitrogens with zero attached hydrogens (tertiary/aromatic N) is 5. The Morgan fingerprint density at radius 1 is 1.56 bits per heavy atom. The monoisotopic (exact) mass is 252 g/mol. The summed E-state index contributed by atoms with van der Waals surface area (Å²) in [6.07, 6.45) is 0.658. The quantitative estimate of drug-likeness (QED) is 0.722. The van der Waals surface area contributed by atoms with Crippen LogP contribution in [0.15, 0.2) is 4.52 Å². The highest BCUT2D eigenvalue weighted by Gasteiger charge is 2.19. The van der Waals surface area contributed by atoms with Crippen LogP contribution >= 0.6 is 0 Å².